The first kappa shape index (κ1) is 18.2. The summed E-state index contributed by atoms with van der Waals surface area (Å²) in [5.74, 6) is -0.156. The number of thiocarbonyl (C=S) groups is 1. The van der Waals surface area contributed by atoms with Crippen LogP contribution in [0.25, 0.3) is 6.08 Å². The molecule has 8 heteroatoms. The van der Waals surface area contributed by atoms with Crippen LogP contribution in [-0.2, 0) is 9.59 Å². The molecule has 0 atom stereocenters. The first-order valence-electron chi connectivity index (χ1n) is 7.81. The number of nitrogens with zero attached hydrogens (tertiary/aromatic N) is 2. The minimum Gasteiger partial charge on any atom is -0.484 e. The molecule has 0 unspecified atom stereocenters. The van der Waals surface area contributed by atoms with Gasteiger partial charge < -0.3 is 10.5 Å². The zero-order chi connectivity index (χ0) is 18.8. The normalized spacial score (nSPS) is 15.8. The van der Waals surface area contributed by atoms with Gasteiger partial charge in [0.1, 0.15) is 5.75 Å². The smallest absolute Gasteiger partial charge is 0.285 e. The molecule has 2 N–H and O–H groups in total. The van der Waals surface area contributed by atoms with E-state index in [4.69, 9.17) is 22.7 Å². The van der Waals surface area contributed by atoms with Crippen LogP contribution in [-0.4, -0.2) is 27.4 Å². The molecule has 0 aliphatic carbocycles. The Balaban J connectivity index is 1.81. The molecule has 0 spiro atoms. The third kappa shape index (κ3) is 3.66. The highest BCUT2D eigenvalue weighted by atomic mass is 32.2. The quantitative estimate of drug-likeness (QED) is 0.630. The molecule has 1 saturated heterocycles. The molecule has 0 bridgehead atoms. The standard InChI is InChI=1S/C18H17N3O3S2/c1-11-3-4-12(2)20(11)21-17(23)15(26-18(21)25)9-13-5-7-14(8-6-13)24-10-16(19)22/h3-9H,10H2,1-2H3,(H2,19,22)/b15-9-. The molecular formula is C18H17N3O3S2. The van der Waals surface area contributed by atoms with E-state index in [1.807, 2.05) is 30.7 Å². The van der Waals surface area contributed by atoms with Crippen LogP contribution in [0.15, 0.2) is 41.3 Å². The Hall–Kier alpha value is -2.58. The third-order valence-corrected chi connectivity index (χ3v) is 5.05. The summed E-state index contributed by atoms with van der Waals surface area (Å²) in [6, 6.07) is 10.9. The van der Waals surface area contributed by atoms with E-state index >= 15 is 0 Å². The number of benzene rings is 1. The van der Waals surface area contributed by atoms with E-state index < -0.39 is 5.91 Å². The van der Waals surface area contributed by atoms with Crippen molar-refractivity contribution in [1.29, 1.82) is 0 Å². The monoisotopic (exact) mass is 387 g/mol. The number of carbonyl (C=O) groups excluding carboxylic acids is 2. The summed E-state index contributed by atoms with van der Waals surface area (Å²) < 4.78 is 7.53. The lowest BCUT2D eigenvalue weighted by atomic mass is 10.2. The van der Waals surface area contributed by atoms with E-state index in [1.54, 1.807) is 30.3 Å². The number of aromatic nitrogens is 1. The summed E-state index contributed by atoms with van der Waals surface area (Å²) in [6.45, 7) is 3.69. The van der Waals surface area contributed by atoms with Gasteiger partial charge in [0, 0.05) is 11.4 Å². The fraction of sp³-hybridized carbons (Fsp3) is 0.167. The molecule has 1 aliphatic rings. The van der Waals surface area contributed by atoms with Crippen molar-refractivity contribution in [1.82, 2.24) is 4.68 Å². The summed E-state index contributed by atoms with van der Waals surface area (Å²) in [5.41, 5.74) is 7.76. The predicted molar refractivity (Wildman–Crippen MR) is 106 cm³/mol. The molecule has 1 aliphatic heterocycles. The molecule has 134 valence electrons. The minimum absolute atomic E-state index is 0.156. The van der Waals surface area contributed by atoms with E-state index in [1.165, 1.54) is 16.8 Å². The van der Waals surface area contributed by atoms with Gasteiger partial charge in [-0.05, 0) is 62.0 Å². The average Bonchev–Trinajstić information content (AvgIpc) is 3.06. The molecule has 1 aromatic heterocycles. The Kier molecular flexibility index (Phi) is 5.15. The summed E-state index contributed by atoms with van der Waals surface area (Å²) in [6.07, 6.45) is 1.78. The van der Waals surface area contributed by atoms with Crippen molar-refractivity contribution in [3.05, 3.63) is 58.3 Å². The molecule has 2 amide bonds. The van der Waals surface area contributed by atoms with Crippen LogP contribution in [0.2, 0.25) is 0 Å². The minimum atomic E-state index is -0.534. The first-order valence-corrected chi connectivity index (χ1v) is 9.03. The number of hydrogen-bond donors (Lipinski definition) is 1. The Bertz CT molecular complexity index is 897. The Morgan fingerprint density at radius 2 is 1.81 bits per heavy atom. The summed E-state index contributed by atoms with van der Waals surface area (Å²) in [5, 5.41) is 1.51. The first-order chi connectivity index (χ1) is 12.4. The Labute approximate surface area is 160 Å². The fourth-order valence-corrected chi connectivity index (χ4v) is 3.82. The Morgan fingerprint density at radius 1 is 1.19 bits per heavy atom. The number of hydrogen-bond acceptors (Lipinski definition) is 5. The van der Waals surface area contributed by atoms with Crippen LogP contribution in [0.5, 0.6) is 5.75 Å². The molecule has 26 heavy (non-hydrogen) atoms. The van der Waals surface area contributed by atoms with Gasteiger partial charge in [0.15, 0.2) is 10.9 Å². The number of primary amides is 1. The number of aryl methyl sites for hydroxylation is 2. The number of ether oxygens (including phenoxy) is 1. The number of carbonyl (C=O) groups is 2. The molecule has 1 fully saturated rings. The van der Waals surface area contributed by atoms with Crippen molar-refractivity contribution < 1.29 is 14.3 Å². The molecule has 0 radical (unpaired) electrons. The van der Waals surface area contributed by atoms with Crippen molar-refractivity contribution in [2.45, 2.75) is 13.8 Å². The second-order valence-corrected chi connectivity index (χ2v) is 7.42. The van der Waals surface area contributed by atoms with Gasteiger partial charge in [-0.3, -0.25) is 14.3 Å². The van der Waals surface area contributed by atoms with E-state index in [-0.39, 0.29) is 12.5 Å². The van der Waals surface area contributed by atoms with Crippen molar-refractivity contribution in [2.75, 3.05) is 11.6 Å². The fourth-order valence-electron chi connectivity index (χ4n) is 2.57. The van der Waals surface area contributed by atoms with Crippen LogP contribution >= 0.6 is 24.0 Å². The number of rotatable bonds is 5. The largest absolute Gasteiger partial charge is 0.484 e. The van der Waals surface area contributed by atoms with Gasteiger partial charge in [-0.1, -0.05) is 23.9 Å². The third-order valence-electron chi connectivity index (χ3n) is 3.77. The van der Waals surface area contributed by atoms with Gasteiger partial charge in [-0.25, -0.2) is 0 Å². The summed E-state index contributed by atoms with van der Waals surface area (Å²) in [4.78, 5) is 24.1. The van der Waals surface area contributed by atoms with Crippen LogP contribution in [0, 0.1) is 13.8 Å². The van der Waals surface area contributed by atoms with E-state index in [2.05, 4.69) is 0 Å². The van der Waals surface area contributed by atoms with Crippen molar-refractivity contribution >= 4 is 46.2 Å². The predicted octanol–water partition coefficient (Wildman–Crippen LogP) is 2.51. The number of amides is 2. The highest BCUT2D eigenvalue weighted by Gasteiger charge is 2.34. The van der Waals surface area contributed by atoms with Crippen molar-refractivity contribution in [3.8, 4) is 5.75 Å². The number of nitrogens with two attached hydrogens (primary N) is 1. The highest BCUT2D eigenvalue weighted by molar-refractivity contribution is 8.27. The van der Waals surface area contributed by atoms with Gasteiger partial charge in [0.25, 0.3) is 11.8 Å². The molecule has 2 aromatic rings. The molecule has 2 heterocycles. The highest BCUT2D eigenvalue weighted by Crippen LogP contribution is 2.32. The van der Waals surface area contributed by atoms with Crippen molar-refractivity contribution in [2.24, 2.45) is 5.73 Å². The Morgan fingerprint density at radius 3 is 2.38 bits per heavy atom. The van der Waals surface area contributed by atoms with Gasteiger partial charge >= 0.3 is 0 Å². The summed E-state index contributed by atoms with van der Waals surface area (Å²) in [7, 11) is 0. The average molecular weight is 387 g/mol. The maximum atomic E-state index is 12.8. The van der Waals surface area contributed by atoms with Crippen LogP contribution in [0.3, 0.4) is 0 Å². The van der Waals surface area contributed by atoms with Gasteiger partial charge in [0.2, 0.25) is 0 Å². The van der Waals surface area contributed by atoms with Crippen LogP contribution in [0.4, 0.5) is 0 Å². The second kappa shape index (κ2) is 7.35. The van der Waals surface area contributed by atoms with E-state index in [0.717, 1.165) is 17.0 Å². The zero-order valence-corrected chi connectivity index (χ0v) is 15.9. The molecular weight excluding hydrogens is 370 g/mol. The lowest BCUT2D eigenvalue weighted by molar-refractivity contribution is -0.120. The second-order valence-electron chi connectivity index (χ2n) is 5.75. The number of thioether (sulfide) groups is 1. The topological polar surface area (TPSA) is 77.6 Å². The van der Waals surface area contributed by atoms with Gasteiger partial charge in [0.05, 0.1) is 4.91 Å². The SMILES string of the molecule is Cc1ccc(C)n1N1C(=O)/C(=C/c2ccc(OCC(N)=O)cc2)SC1=S. The maximum Gasteiger partial charge on any atom is 0.285 e. The lowest BCUT2D eigenvalue weighted by Gasteiger charge is -2.20. The van der Waals surface area contributed by atoms with E-state index in [0.29, 0.717) is 15.0 Å². The maximum absolute atomic E-state index is 12.8. The molecule has 0 saturated carbocycles. The van der Waals surface area contributed by atoms with Crippen LogP contribution in [0.1, 0.15) is 17.0 Å². The summed E-state index contributed by atoms with van der Waals surface area (Å²) >= 11 is 6.67. The zero-order valence-electron chi connectivity index (χ0n) is 14.3. The molecule has 1 aromatic carbocycles. The van der Waals surface area contributed by atoms with Crippen molar-refractivity contribution in [3.63, 3.8) is 0 Å². The van der Waals surface area contributed by atoms with E-state index in [9.17, 15) is 9.59 Å². The molecule has 6 nitrogen and oxygen atoms in total. The van der Waals surface area contributed by atoms with Crippen LogP contribution < -0.4 is 15.5 Å². The van der Waals surface area contributed by atoms with Gasteiger partial charge in [-0.15, -0.1) is 0 Å². The lowest BCUT2D eigenvalue weighted by Crippen LogP contribution is -2.39. The van der Waals surface area contributed by atoms with Gasteiger partial charge in [-0.2, -0.15) is 5.01 Å². The molecule has 3 rings (SSSR count).